The fourth-order valence-electron chi connectivity index (χ4n) is 7.16. The number of carboxylic acid groups (broad SMARTS) is 1. The number of nitrogens with one attached hydrogen (secondary N) is 2. The SMILES string of the molecule is CC(C)(C)OC(=O)NC1CCN(c2ccccc2N)CC1.NC1CCN(c2ccccc2NC(=O)c2csc(Sc3nnc(-c4cccs4)o3)n2)CC1.O=C(O)c1csc(Sc2nnc(-c3cccs3)o2)n1. The number of nitrogen functional groups attached to an aromatic ring is 1. The summed E-state index contributed by atoms with van der Waals surface area (Å²) in [4.78, 5) is 50.1. The van der Waals surface area contributed by atoms with Crippen molar-refractivity contribution < 1.29 is 33.1 Å². The first-order valence-corrected chi connectivity index (χ1v) is 27.6. The molecule has 0 saturated carbocycles. The van der Waals surface area contributed by atoms with Crippen LogP contribution in [-0.2, 0) is 4.74 Å². The van der Waals surface area contributed by atoms with Crippen molar-refractivity contribution in [1.29, 1.82) is 0 Å². The van der Waals surface area contributed by atoms with Crippen LogP contribution in [0.3, 0.4) is 0 Å². The van der Waals surface area contributed by atoms with Crippen molar-refractivity contribution >= 4 is 110 Å². The Labute approximate surface area is 438 Å². The number of anilines is 4. The molecule has 0 radical (unpaired) electrons. The number of benzene rings is 2. The molecule has 2 saturated heterocycles. The van der Waals surface area contributed by atoms with Gasteiger partial charge in [-0.15, -0.1) is 65.7 Å². The number of thiophene rings is 2. The number of ether oxygens (including phenoxy) is 1. The van der Waals surface area contributed by atoms with Crippen molar-refractivity contribution in [2.75, 3.05) is 47.0 Å². The van der Waals surface area contributed by atoms with Crippen LogP contribution in [0.2, 0.25) is 0 Å². The lowest BCUT2D eigenvalue weighted by Gasteiger charge is -2.34. The minimum Gasteiger partial charge on any atom is -0.476 e. The molecule has 8 aromatic rings. The molecule has 376 valence electrons. The summed E-state index contributed by atoms with van der Waals surface area (Å²) in [5, 5.41) is 38.5. The molecule has 2 aliphatic rings. The van der Waals surface area contributed by atoms with E-state index in [1.807, 2.05) is 104 Å². The minimum atomic E-state index is -1.05. The molecule has 0 bridgehead atoms. The van der Waals surface area contributed by atoms with E-state index in [0.29, 0.717) is 36.6 Å². The van der Waals surface area contributed by atoms with Crippen molar-refractivity contribution in [2.45, 2.75) is 83.3 Å². The Kier molecular flexibility index (Phi) is 17.6. The van der Waals surface area contributed by atoms with E-state index in [9.17, 15) is 14.4 Å². The van der Waals surface area contributed by atoms with E-state index in [2.05, 4.69) is 50.8 Å². The Morgan fingerprint density at radius 3 is 1.78 bits per heavy atom. The zero-order valence-electron chi connectivity index (χ0n) is 39.1. The van der Waals surface area contributed by atoms with Gasteiger partial charge in [0.1, 0.15) is 11.3 Å². The first-order valence-electron chi connectivity index (χ1n) is 22.5. The molecule has 19 nitrogen and oxygen atoms in total. The number of aromatic carboxylic acids is 1. The van der Waals surface area contributed by atoms with Crippen molar-refractivity contribution in [2.24, 2.45) is 5.73 Å². The molecule has 0 spiro atoms. The Hall–Kier alpha value is -6.35. The highest BCUT2D eigenvalue weighted by Crippen LogP contribution is 2.35. The van der Waals surface area contributed by atoms with Crippen molar-refractivity contribution in [3.63, 3.8) is 0 Å². The van der Waals surface area contributed by atoms with Crippen LogP contribution in [0.25, 0.3) is 21.5 Å². The van der Waals surface area contributed by atoms with Crippen LogP contribution in [-0.4, -0.2) is 97.3 Å². The highest BCUT2D eigenvalue weighted by atomic mass is 32.2. The number of para-hydroxylation sites is 4. The molecule has 0 aliphatic carbocycles. The van der Waals surface area contributed by atoms with Crippen molar-refractivity contribution in [3.8, 4) is 21.5 Å². The van der Waals surface area contributed by atoms with E-state index < -0.39 is 11.6 Å². The summed E-state index contributed by atoms with van der Waals surface area (Å²) in [7, 11) is 0. The van der Waals surface area contributed by atoms with E-state index in [1.54, 1.807) is 5.38 Å². The highest BCUT2D eigenvalue weighted by Gasteiger charge is 2.25. The molecule has 2 fully saturated rings. The number of alkyl carbamates (subject to hydrolysis) is 1. The lowest BCUT2D eigenvalue weighted by molar-refractivity contribution is 0.0496. The number of nitrogens with two attached hydrogens (primary N) is 2. The van der Waals surface area contributed by atoms with Gasteiger partial charge in [-0.25, -0.2) is 19.6 Å². The van der Waals surface area contributed by atoms with E-state index in [4.69, 9.17) is 30.1 Å². The van der Waals surface area contributed by atoms with Gasteiger partial charge in [-0.1, -0.05) is 36.4 Å². The number of carbonyl (C=O) groups is 3. The zero-order valence-corrected chi connectivity index (χ0v) is 44.0. The maximum atomic E-state index is 12.9. The fraction of sp³-hybridized carbons (Fsp3) is 0.298. The average molecular weight is 1090 g/mol. The third kappa shape index (κ3) is 14.6. The Balaban J connectivity index is 0.000000152. The van der Waals surface area contributed by atoms with Gasteiger partial charge < -0.3 is 50.6 Å². The number of rotatable bonds is 12. The normalized spacial score (nSPS) is 14.2. The highest BCUT2D eigenvalue weighted by molar-refractivity contribution is 8.01. The van der Waals surface area contributed by atoms with E-state index in [-0.39, 0.29) is 29.8 Å². The molecule has 8 heterocycles. The second kappa shape index (κ2) is 24.4. The second-order valence-electron chi connectivity index (χ2n) is 17.0. The van der Waals surface area contributed by atoms with Gasteiger partial charge in [-0.3, -0.25) is 4.79 Å². The van der Waals surface area contributed by atoms with E-state index in [0.717, 1.165) is 96.1 Å². The maximum absolute atomic E-state index is 12.9. The maximum Gasteiger partial charge on any atom is 0.407 e. The summed E-state index contributed by atoms with van der Waals surface area (Å²) in [6.07, 6.45) is 3.35. The lowest BCUT2D eigenvalue weighted by atomic mass is 10.0. The number of carboxylic acids is 1. The summed E-state index contributed by atoms with van der Waals surface area (Å²) < 4.78 is 17.7. The van der Waals surface area contributed by atoms with Gasteiger partial charge in [0.2, 0.25) is 0 Å². The molecule has 10 rings (SSSR count). The summed E-state index contributed by atoms with van der Waals surface area (Å²) in [5.41, 5.74) is 15.6. The molecule has 0 unspecified atom stereocenters. The third-order valence-electron chi connectivity index (χ3n) is 10.6. The predicted molar refractivity (Wildman–Crippen MR) is 284 cm³/mol. The van der Waals surface area contributed by atoms with Gasteiger partial charge in [-0.2, -0.15) is 0 Å². The van der Waals surface area contributed by atoms with Gasteiger partial charge in [-0.05, 0) is 93.6 Å². The van der Waals surface area contributed by atoms with Crippen LogP contribution in [0.15, 0.2) is 122 Å². The number of hydrogen-bond acceptors (Lipinski definition) is 22. The number of nitrogens with zero attached hydrogens (tertiary/aromatic N) is 8. The second-order valence-corrected chi connectivity index (χ2v) is 23.0. The topological polar surface area (TPSA) is 267 Å². The van der Waals surface area contributed by atoms with Crippen LogP contribution in [0.1, 0.15) is 67.4 Å². The van der Waals surface area contributed by atoms with E-state index in [1.165, 1.54) is 62.5 Å². The number of amides is 2. The molecule has 72 heavy (non-hydrogen) atoms. The fourth-order valence-corrected chi connectivity index (χ4v) is 11.6. The quantitative estimate of drug-likeness (QED) is 0.0712. The molecule has 6 aromatic heterocycles. The van der Waals surface area contributed by atoms with Crippen molar-refractivity contribution in [3.05, 3.63) is 106 Å². The first kappa shape index (κ1) is 52.0. The largest absolute Gasteiger partial charge is 0.476 e. The molecule has 2 amide bonds. The summed E-state index contributed by atoms with van der Waals surface area (Å²) in [5.74, 6) is -0.369. The molecular formula is C47H50N12O7S6. The van der Waals surface area contributed by atoms with Crippen molar-refractivity contribution in [1.82, 2.24) is 35.7 Å². The Morgan fingerprint density at radius 2 is 1.24 bits per heavy atom. The minimum absolute atomic E-state index is 0.0190. The third-order valence-corrected chi connectivity index (χ3v) is 15.8. The number of aromatic nitrogens is 6. The first-order chi connectivity index (χ1) is 34.7. The lowest BCUT2D eigenvalue weighted by Crippen LogP contribution is -2.46. The Bertz CT molecular complexity index is 3010. The van der Waals surface area contributed by atoms with Crippen LogP contribution < -0.4 is 31.9 Å². The van der Waals surface area contributed by atoms with Gasteiger partial charge in [0.15, 0.2) is 14.4 Å². The number of thiazole rings is 2. The molecule has 25 heteroatoms. The number of piperidine rings is 2. The molecule has 2 aliphatic heterocycles. The standard InChI is InChI=1S/C21H20N6O2S3.C16H25N3O2.C10H5N3O3S3/c22-13-7-9-27(10-8-13)16-5-2-1-4-14(16)23-18(28)15-12-31-21(24-15)32-20-26-25-19(29-20)17-6-3-11-30-17;1-16(2,3)21-15(20)18-12-8-10-19(11-9-12)14-7-5-4-6-13(14)17;14-8(15)5-4-18-10(11-5)19-9-13-12-7(16-9)6-2-1-3-17-6/h1-6,11-13H,7-10,22H2,(H,23,28);4-7,12H,8-11,17H2,1-3H3,(H,18,20);1-4H,(H,14,15). The van der Waals surface area contributed by atoms with Crippen LogP contribution in [0.5, 0.6) is 0 Å². The van der Waals surface area contributed by atoms with Gasteiger partial charge in [0, 0.05) is 72.5 Å². The molecule has 2 aromatic carbocycles. The molecular weight excluding hydrogens is 1040 g/mol. The predicted octanol–water partition coefficient (Wildman–Crippen LogP) is 10.5. The number of hydrogen-bond donors (Lipinski definition) is 5. The number of carbonyl (C=O) groups excluding carboxylic acids is 2. The summed E-state index contributed by atoms with van der Waals surface area (Å²) in [6, 6.07) is 23.8. The van der Waals surface area contributed by atoms with Crippen LogP contribution in [0, 0.1) is 0 Å². The zero-order chi connectivity index (χ0) is 50.6. The van der Waals surface area contributed by atoms with Crippen LogP contribution >= 0.6 is 68.9 Å². The average Bonchev–Trinajstić information content (AvgIpc) is 4.22. The smallest absolute Gasteiger partial charge is 0.407 e. The van der Waals surface area contributed by atoms with Gasteiger partial charge in [0.05, 0.1) is 32.5 Å². The van der Waals surface area contributed by atoms with Gasteiger partial charge >= 0.3 is 12.1 Å². The van der Waals surface area contributed by atoms with Crippen LogP contribution in [0.4, 0.5) is 27.5 Å². The molecule has 0 atom stereocenters. The van der Waals surface area contributed by atoms with E-state index >= 15 is 0 Å². The monoisotopic (exact) mass is 1090 g/mol. The van der Waals surface area contributed by atoms with Gasteiger partial charge in [0.25, 0.3) is 28.1 Å². The molecule has 7 N–H and O–H groups in total. The summed E-state index contributed by atoms with van der Waals surface area (Å²) in [6.45, 7) is 9.13. The summed E-state index contributed by atoms with van der Waals surface area (Å²) >= 11 is 8.03. The Morgan fingerprint density at radius 1 is 0.708 bits per heavy atom.